The highest BCUT2D eigenvalue weighted by Gasteiger charge is 2.19. The van der Waals surface area contributed by atoms with Crippen LogP contribution in [0.25, 0.3) is 0 Å². The summed E-state index contributed by atoms with van der Waals surface area (Å²) in [5.74, 6) is -0.663. The molecule has 2 aromatic carbocycles. The maximum absolute atomic E-state index is 12.4. The van der Waals surface area contributed by atoms with Crippen molar-refractivity contribution < 1.29 is 15.0 Å². The first-order valence-corrected chi connectivity index (χ1v) is 7.08. The van der Waals surface area contributed by atoms with E-state index >= 15 is 0 Å². The van der Waals surface area contributed by atoms with Crippen molar-refractivity contribution in [3.8, 4) is 0 Å². The van der Waals surface area contributed by atoms with E-state index < -0.39 is 5.92 Å². The standard InChI is InChI=1S/C17H20N2O3/c18-9-16(14-4-2-1-3-5-14)17(22)19-15-7-12(10-20)6-13(8-15)11-21/h1-8,16,20-21H,9-11,18H2,(H,19,22). The lowest BCUT2D eigenvalue weighted by Crippen LogP contribution is -2.27. The van der Waals surface area contributed by atoms with Gasteiger partial charge in [-0.15, -0.1) is 0 Å². The van der Waals surface area contributed by atoms with Crippen molar-refractivity contribution in [1.82, 2.24) is 0 Å². The van der Waals surface area contributed by atoms with Crippen molar-refractivity contribution in [1.29, 1.82) is 0 Å². The third-order valence-corrected chi connectivity index (χ3v) is 3.44. The monoisotopic (exact) mass is 300 g/mol. The highest BCUT2D eigenvalue weighted by molar-refractivity contribution is 5.96. The molecule has 0 radical (unpaired) electrons. The molecular formula is C17H20N2O3. The summed E-state index contributed by atoms with van der Waals surface area (Å²) in [7, 11) is 0. The molecule has 0 aliphatic rings. The second kappa shape index (κ2) is 7.70. The third kappa shape index (κ3) is 3.92. The second-order valence-electron chi connectivity index (χ2n) is 5.04. The van der Waals surface area contributed by atoms with Crippen LogP contribution in [0.2, 0.25) is 0 Å². The normalized spacial score (nSPS) is 12.0. The largest absolute Gasteiger partial charge is 0.392 e. The summed E-state index contributed by atoms with van der Waals surface area (Å²) in [5.41, 5.74) is 8.38. The van der Waals surface area contributed by atoms with Gasteiger partial charge in [0.1, 0.15) is 0 Å². The molecule has 1 atom stereocenters. The zero-order chi connectivity index (χ0) is 15.9. The fraction of sp³-hybridized carbons (Fsp3) is 0.235. The van der Waals surface area contributed by atoms with Crippen molar-refractivity contribution in [2.75, 3.05) is 11.9 Å². The minimum absolute atomic E-state index is 0.157. The molecule has 5 nitrogen and oxygen atoms in total. The topological polar surface area (TPSA) is 95.6 Å². The van der Waals surface area contributed by atoms with Gasteiger partial charge in [-0.1, -0.05) is 36.4 Å². The predicted octanol–water partition coefficient (Wildman–Crippen LogP) is 1.35. The van der Waals surface area contributed by atoms with E-state index in [0.717, 1.165) is 5.56 Å². The number of carbonyl (C=O) groups excluding carboxylic acids is 1. The molecule has 0 aromatic heterocycles. The van der Waals surface area contributed by atoms with Gasteiger partial charge >= 0.3 is 0 Å². The fourth-order valence-corrected chi connectivity index (χ4v) is 2.33. The Morgan fingerprint density at radius 3 is 2.14 bits per heavy atom. The van der Waals surface area contributed by atoms with Gasteiger partial charge < -0.3 is 21.3 Å². The van der Waals surface area contributed by atoms with E-state index in [2.05, 4.69) is 5.32 Å². The summed E-state index contributed by atoms with van der Waals surface area (Å²) >= 11 is 0. The molecule has 0 spiro atoms. The average Bonchev–Trinajstić information content (AvgIpc) is 2.56. The number of aliphatic hydroxyl groups excluding tert-OH is 2. The van der Waals surface area contributed by atoms with Gasteiger partial charge in [-0.05, 0) is 28.8 Å². The van der Waals surface area contributed by atoms with Gasteiger partial charge in [0.15, 0.2) is 0 Å². The van der Waals surface area contributed by atoms with Crippen LogP contribution in [0, 0.1) is 0 Å². The van der Waals surface area contributed by atoms with E-state index in [0.29, 0.717) is 16.8 Å². The molecule has 0 aliphatic heterocycles. The number of nitrogens with two attached hydrogens (primary N) is 1. The number of amides is 1. The maximum atomic E-state index is 12.4. The summed E-state index contributed by atoms with van der Waals surface area (Å²) in [4.78, 5) is 12.4. The average molecular weight is 300 g/mol. The maximum Gasteiger partial charge on any atom is 0.233 e. The van der Waals surface area contributed by atoms with E-state index in [4.69, 9.17) is 5.73 Å². The first-order valence-electron chi connectivity index (χ1n) is 7.08. The molecule has 5 N–H and O–H groups in total. The lowest BCUT2D eigenvalue weighted by Gasteiger charge is -2.16. The van der Waals surface area contributed by atoms with Crippen LogP contribution in [0.4, 0.5) is 5.69 Å². The quantitative estimate of drug-likeness (QED) is 0.647. The van der Waals surface area contributed by atoms with Crippen molar-refractivity contribution >= 4 is 11.6 Å². The zero-order valence-corrected chi connectivity index (χ0v) is 12.2. The van der Waals surface area contributed by atoms with E-state index in [1.165, 1.54) is 0 Å². The van der Waals surface area contributed by atoms with Gasteiger partial charge in [-0.2, -0.15) is 0 Å². The molecule has 0 bridgehead atoms. The number of hydrogen-bond donors (Lipinski definition) is 4. The van der Waals surface area contributed by atoms with Gasteiger partial charge in [0.2, 0.25) is 5.91 Å². The van der Waals surface area contributed by atoms with Crippen LogP contribution >= 0.6 is 0 Å². The highest BCUT2D eigenvalue weighted by Crippen LogP contribution is 2.20. The molecule has 22 heavy (non-hydrogen) atoms. The summed E-state index contributed by atoms with van der Waals surface area (Å²) < 4.78 is 0. The van der Waals surface area contributed by atoms with Gasteiger partial charge in [0.05, 0.1) is 19.1 Å². The van der Waals surface area contributed by atoms with Crippen LogP contribution < -0.4 is 11.1 Å². The first kappa shape index (κ1) is 16.2. The summed E-state index contributed by atoms with van der Waals surface area (Å²) in [6, 6.07) is 14.4. The molecule has 5 heteroatoms. The van der Waals surface area contributed by atoms with Crippen molar-refractivity contribution in [3.63, 3.8) is 0 Å². The number of hydrogen-bond acceptors (Lipinski definition) is 4. The molecule has 1 amide bonds. The smallest absolute Gasteiger partial charge is 0.233 e. The SMILES string of the molecule is NCC(C(=O)Nc1cc(CO)cc(CO)c1)c1ccccc1. The Kier molecular flexibility index (Phi) is 5.66. The van der Waals surface area contributed by atoms with Gasteiger partial charge in [0, 0.05) is 12.2 Å². The third-order valence-electron chi connectivity index (χ3n) is 3.44. The molecule has 0 aliphatic carbocycles. The van der Waals surface area contributed by atoms with E-state index in [-0.39, 0.29) is 25.7 Å². The number of anilines is 1. The minimum Gasteiger partial charge on any atom is -0.392 e. The highest BCUT2D eigenvalue weighted by atomic mass is 16.3. The van der Waals surface area contributed by atoms with Crippen LogP contribution in [-0.4, -0.2) is 22.7 Å². The summed E-state index contributed by atoms with van der Waals surface area (Å²) in [6.45, 7) is -0.117. The van der Waals surface area contributed by atoms with E-state index in [9.17, 15) is 15.0 Å². The number of nitrogens with one attached hydrogen (secondary N) is 1. The van der Waals surface area contributed by atoms with Crippen LogP contribution in [0.1, 0.15) is 22.6 Å². The van der Waals surface area contributed by atoms with Crippen LogP contribution in [0.3, 0.4) is 0 Å². The Bertz CT molecular complexity index is 607. The summed E-state index contributed by atoms with van der Waals surface area (Å²) in [5, 5.41) is 21.3. The van der Waals surface area contributed by atoms with Crippen LogP contribution in [-0.2, 0) is 18.0 Å². The Balaban J connectivity index is 2.20. The van der Waals surface area contributed by atoms with E-state index in [1.54, 1.807) is 18.2 Å². The number of benzene rings is 2. The van der Waals surface area contributed by atoms with Gasteiger partial charge in [-0.25, -0.2) is 0 Å². The number of carbonyl (C=O) groups is 1. The number of aliphatic hydroxyl groups is 2. The van der Waals surface area contributed by atoms with Crippen molar-refractivity contribution in [3.05, 3.63) is 65.2 Å². The van der Waals surface area contributed by atoms with Crippen molar-refractivity contribution in [2.45, 2.75) is 19.1 Å². The van der Waals surface area contributed by atoms with Crippen LogP contribution in [0.5, 0.6) is 0 Å². The molecule has 0 heterocycles. The summed E-state index contributed by atoms with van der Waals surface area (Å²) in [6.07, 6.45) is 0. The Hall–Kier alpha value is -2.21. The van der Waals surface area contributed by atoms with E-state index in [1.807, 2.05) is 30.3 Å². The van der Waals surface area contributed by atoms with Gasteiger partial charge in [0.25, 0.3) is 0 Å². The number of rotatable bonds is 6. The molecular weight excluding hydrogens is 280 g/mol. The first-order chi connectivity index (χ1) is 10.7. The lowest BCUT2D eigenvalue weighted by molar-refractivity contribution is -0.117. The zero-order valence-electron chi connectivity index (χ0n) is 12.2. The Morgan fingerprint density at radius 1 is 1.05 bits per heavy atom. The Morgan fingerprint density at radius 2 is 1.64 bits per heavy atom. The molecule has 116 valence electrons. The van der Waals surface area contributed by atoms with Crippen LogP contribution in [0.15, 0.2) is 48.5 Å². The molecule has 0 fully saturated rings. The second-order valence-corrected chi connectivity index (χ2v) is 5.04. The Labute approximate surface area is 129 Å². The fourth-order valence-electron chi connectivity index (χ4n) is 2.33. The lowest BCUT2D eigenvalue weighted by atomic mass is 9.98. The van der Waals surface area contributed by atoms with Gasteiger partial charge in [-0.3, -0.25) is 4.79 Å². The molecule has 2 rings (SSSR count). The molecule has 0 saturated heterocycles. The molecule has 0 saturated carbocycles. The predicted molar refractivity (Wildman–Crippen MR) is 85.2 cm³/mol. The molecule has 2 aromatic rings. The molecule has 1 unspecified atom stereocenters. The minimum atomic E-state index is -0.448. The van der Waals surface area contributed by atoms with Crippen molar-refractivity contribution in [2.24, 2.45) is 5.73 Å².